The predicted octanol–water partition coefficient (Wildman–Crippen LogP) is 14.2. The van der Waals surface area contributed by atoms with Crippen LogP contribution in [0.4, 0.5) is 5.69 Å². The molecule has 8 aromatic carbocycles. The fraction of sp³-hybridized carbons (Fsp3) is 0. The van der Waals surface area contributed by atoms with E-state index in [9.17, 15) is 0 Å². The van der Waals surface area contributed by atoms with Crippen molar-refractivity contribution in [2.75, 3.05) is 0 Å². The smallest absolute Gasteiger partial charge is 0.187 e. The van der Waals surface area contributed by atoms with Crippen molar-refractivity contribution in [3.8, 4) is 62.1 Å². The maximum Gasteiger partial charge on any atom is 0.187 e. The zero-order chi connectivity index (χ0) is 38.6. The summed E-state index contributed by atoms with van der Waals surface area (Å²) in [5, 5.41) is 4.85. The standard InChI is InChI=1S/C52H31N5S/c1-53-39-25-20-33(21-26-39)37-22-27-41-40-16-8-10-18-45(40)57(47(41)31-37)46-29-24-36(38-23-28-43-42-17-9-11-19-48(42)58-49(43)32-38)30-44(46)52-55-50(34-12-4-2-5-13-34)54-51(56-52)35-14-6-3-7-15-35/h2-32H. The minimum Gasteiger partial charge on any atom is -0.308 e. The second-order valence-electron chi connectivity index (χ2n) is 14.3. The van der Waals surface area contributed by atoms with Gasteiger partial charge in [-0.15, -0.1) is 11.3 Å². The van der Waals surface area contributed by atoms with Gasteiger partial charge in [-0.1, -0.05) is 152 Å². The van der Waals surface area contributed by atoms with E-state index in [4.69, 9.17) is 21.5 Å². The molecule has 0 saturated heterocycles. The summed E-state index contributed by atoms with van der Waals surface area (Å²) in [6.45, 7) is 7.46. The monoisotopic (exact) mass is 757 g/mol. The summed E-state index contributed by atoms with van der Waals surface area (Å²) < 4.78 is 4.89. The van der Waals surface area contributed by atoms with Crippen LogP contribution in [0.5, 0.6) is 0 Å². The molecule has 5 nitrogen and oxygen atoms in total. The van der Waals surface area contributed by atoms with E-state index in [-0.39, 0.29) is 0 Å². The molecule has 0 aliphatic rings. The van der Waals surface area contributed by atoms with Crippen LogP contribution in [0.15, 0.2) is 188 Å². The molecule has 11 rings (SSSR count). The van der Waals surface area contributed by atoms with Crippen molar-refractivity contribution in [3.63, 3.8) is 0 Å². The Bertz CT molecular complexity index is 3340. The van der Waals surface area contributed by atoms with Gasteiger partial charge in [-0.2, -0.15) is 0 Å². The van der Waals surface area contributed by atoms with Gasteiger partial charge in [0.2, 0.25) is 0 Å². The summed E-state index contributed by atoms with van der Waals surface area (Å²) in [4.78, 5) is 19.2. The number of nitrogens with zero attached hydrogens (tertiary/aromatic N) is 5. The van der Waals surface area contributed by atoms with Gasteiger partial charge in [0.1, 0.15) is 0 Å². The van der Waals surface area contributed by atoms with E-state index in [1.807, 2.05) is 96.3 Å². The Morgan fingerprint density at radius 2 is 0.931 bits per heavy atom. The van der Waals surface area contributed by atoms with Gasteiger partial charge in [0.15, 0.2) is 23.2 Å². The highest BCUT2D eigenvalue weighted by atomic mass is 32.1. The summed E-state index contributed by atoms with van der Waals surface area (Å²) >= 11 is 1.82. The van der Waals surface area contributed by atoms with E-state index in [0.29, 0.717) is 23.2 Å². The molecule has 0 amide bonds. The van der Waals surface area contributed by atoms with Crippen LogP contribution in [-0.2, 0) is 0 Å². The van der Waals surface area contributed by atoms with Crippen LogP contribution in [-0.4, -0.2) is 19.5 Å². The first-order chi connectivity index (χ1) is 28.7. The van der Waals surface area contributed by atoms with E-state index in [0.717, 1.165) is 66.4 Å². The molecule has 3 aromatic heterocycles. The molecular weight excluding hydrogens is 727 g/mol. The largest absolute Gasteiger partial charge is 0.308 e. The lowest BCUT2D eigenvalue weighted by Gasteiger charge is -2.17. The highest BCUT2D eigenvalue weighted by molar-refractivity contribution is 7.25. The quantitative estimate of drug-likeness (QED) is 0.159. The molecule has 3 heterocycles. The van der Waals surface area contributed by atoms with Crippen molar-refractivity contribution >= 4 is 59.0 Å². The molecule has 0 spiro atoms. The Morgan fingerprint density at radius 1 is 0.397 bits per heavy atom. The highest BCUT2D eigenvalue weighted by Crippen LogP contribution is 2.41. The Labute approximate surface area is 338 Å². The van der Waals surface area contributed by atoms with E-state index in [2.05, 4.69) is 113 Å². The van der Waals surface area contributed by atoms with Crippen LogP contribution < -0.4 is 0 Å². The zero-order valence-corrected chi connectivity index (χ0v) is 31.9. The van der Waals surface area contributed by atoms with Crippen molar-refractivity contribution in [3.05, 3.63) is 199 Å². The molecule has 0 atom stereocenters. The first-order valence-corrected chi connectivity index (χ1v) is 19.9. The predicted molar refractivity (Wildman–Crippen MR) is 240 cm³/mol. The third-order valence-corrected chi connectivity index (χ3v) is 12.0. The van der Waals surface area contributed by atoms with Crippen LogP contribution in [0.25, 0.3) is 109 Å². The molecule has 58 heavy (non-hydrogen) atoms. The minimum absolute atomic E-state index is 0.587. The number of hydrogen-bond donors (Lipinski definition) is 0. The van der Waals surface area contributed by atoms with Gasteiger partial charge >= 0.3 is 0 Å². The topological polar surface area (TPSA) is 48.0 Å². The first kappa shape index (κ1) is 33.6. The van der Waals surface area contributed by atoms with Crippen molar-refractivity contribution in [1.82, 2.24) is 19.5 Å². The normalized spacial score (nSPS) is 11.4. The van der Waals surface area contributed by atoms with Gasteiger partial charge < -0.3 is 4.57 Å². The second kappa shape index (κ2) is 13.8. The number of hydrogen-bond acceptors (Lipinski definition) is 4. The van der Waals surface area contributed by atoms with Crippen molar-refractivity contribution in [2.24, 2.45) is 0 Å². The van der Waals surface area contributed by atoms with Crippen LogP contribution in [0.3, 0.4) is 0 Å². The fourth-order valence-electron chi connectivity index (χ4n) is 8.06. The average Bonchev–Trinajstić information content (AvgIpc) is 3.84. The summed E-state index contributed by atoms with van der Waals surface area (Å²) in [6.07, 6.45) is 0. The van der Waals surface area contributed by atoms with Gasteiger partial charge in [-0.3, -0.25) is 0 Å². The fourth-order valence-corrected chi connectivity index (χ4v) is 9.21. The number of aromatic nitrogens is 4. The van der Waals surface area contributed by atoms with Gasteiger partial charge in [0, 0.05) is 47.6 Å². The van der Waals surface area contributed by atoms with E-state index in [1.54, 1.807) is 0 Å². The minimum atomic E-state index is 0.587. The number of rotatable bonds is 6. The van der Waals surface area contributed by atoms with Crippen LogP contribution in [0.1, 0.15) is 0 Å². The molecule has 0 N–H and O–H groups in total. The third-order valence-electron chi connectivity index (χ3n) is 10.9. The molecular formula is C52H31N5S. The second-order valence-corrected chi connectivity index (χ2v) is 15.4. The van der Waals surface area contributed by atoms with Crippen LogP contribution in [0.2, 0.25) is 0 Å². The van der Waals surface area contributed by atoms with Gasteiger partial charge in [0.25, 0.3) is 0 Å². The zero-order valence-electron chi connectivity index (χ0n) is 31.0. The summed E-state index contributed by atoms with van der Waals surface area (Å²) in [5.74, 6) is 1.81. The maximum atomic E-state index is 7.46. The van der Waals surface area contributed by atoms with Crippen LogP contribution >= 0.6 is 11.3 Å². The Morgan fingerprint density at radius 3 is 1.66 bits per heavy atom. The Hall–Kier alpha value is -7.72. The van der Waals surface area contributed by atoms with E-state index < -0.39 is 0 Å². The lowest BCUT2D eigenvalue weighted by molar-refractivity contribution is 1.06. The highest BCUT2D eigenvalue weighted by Gasteiger charge is 2.21. The molecule has 6 heteroatoms. The van der Waals surface area contributed by atoms with E-state index in [1.165, 1.54) is 20.2 Å². The molecule has 0 unspecified atom stereocenters. The van der Waals surface area contributed by atoms with Gasteiger partial charge in [-0.25, -0.2) is 19.8 Å². The Balaban J connectivity index is 1.19. The lowest BCUT2D eigenvalue weighted by Crippen LogP contribution is -2.04. The number of para-hydroxylation sites is 1. The van der Waals surface area contributed by atoms with Crippen molar-refractivity contribution < 1.29 is 0 Å². The Kier molecular flexibility index (Phi) is 7.99. The van der Waals surface area contributed by atoms with Crippen LogP contribution in [0, 0.1) is 6.57 Å². The summed E-state index contributed by atoms with van der Waals surface area (Å²) in [7, 11) is 0. The van der Waals surface area contributed by atoms with E-state index >= 15 is 0 Å². The van der Waals surface area contributed by atoms with Gasteiger partial charge in [-0.05, 0) is 58.7 Å². The van der Waals surface area contributed by atoms with Gasteiger partial charge in [0.05, 0.1) is 23.3 Å². The molecule has 11 aromatic rings. The maximum absolute atomic E-state index is 7.46. The molecule has 270 valence electrons. The molecule has 0 saturated carbocycles. The first-order valence-electron chi connectivity index (χ1n) is 19.1. The third kappa shape index (κ3) is 5.73. The SMILES string of the molecule is [C-]#[N+]c1ccc(-c2ccc3c4ccccc4n(-c4ccc(-c5ccc6c(c5)sc5ccccc56)cc4-c4nc(-c5ccccc5)nc(-c5ccccc5)n4)c3c2)cc1. The molecule has 0 aliphatic carbocycles. The summed E-state index contributed by atoms with van der Waals surface area (Å²) in [6, 6.07) is 65.4. The number of benzene rings is 8. The molecule has 0 aliphatic heterocycles. The van der Waals surface area contributed by atoms with Crippen molar-refractivity contribution in [1.29, 1.82) is 0 Å². The number of thiophene rings is 1. The van der Waals surface area contributed by atoms with Crippen molar-refractivity contribution in [2.45, 2.75) is 0 Å². The number of fused-ring (bicyclic) bond motifs is 6. The molecule has 0 bridgehead atoms. The summed E-state index contributed by atoms with van der Waals surface area (Å²) in [5.41, 5.74) is 10.8. The molecule has 0 fully saturated rings. The lowest BCUT2D eigenvalue weighted by atomic mass is 9.99. The molecule has 0 radical (unpaired) electrons. The average molecular weight is 758 g/mol.